The zero-order valence-corrected chi connectivity index (χ0v) is 7.34. The largest absolute Gasteiger partial charge is 0.306 e. The van der Waals surface area contributed by atoms with E-state index in [0.717, 1.165) is 0 Å². The number of halogens is 1. The van der Waals surface area contributed by atoms with Gasteiger partial charge < -0.3 is 4.55 Å². The Morgan fingerprint density at radius 3 is 2.75 bits per heavy atom. The van der Waals surface area contributed by atoms with Gasteiger partial charge in [0.2, 0.25) is 0 Å². The van der Waals surface area contributed by atoms with Crippen LogP contribution in [0, 0.1) is 5.82 Å². The van der Waals surface area contributed by atoms with Crippen LogP contribution in [0.1, 0.15) is 17.7 Å². The maximum absolute atomic E-state index is 12.6. The molecule has 2 nitrogen and oxygen atoms in total. The van der Waals surface area contributed by atoms with E-state index in [-0.39, 0.29) is 5.82 Å². The SMILES string of the molecule is CC(c1cccc(F)c1)S(=O)O. The van der Waals surface area contributed by atoms with Crippen molar-refractivity contribution in [3.05, 3.63) is 35.6 Å². The fourth-order valence-electron chi connectivity index (χ4n) is 0.876. The Kier molecular flexibility index (Phi) is 2.94. The molecule has 0 bridgehead atoms. The van der Waals surface area contributed by atoms with Crippen molar-refractivity contribution >= 4 is 11.1 Å². The number of hydrogen-bond acceptors (Lipinski definition) is 1. The van der Waals surface area contributed by atoms with Crippen molar-refractivity contribution in [1.29, 1.82) is 0 Å². The van der Waals surface area contributed by atoms with Crippen LogP contribution < -0.4 is 0 Å². The van der Waals surface area contributed by atoms with Gasteiger partial charge in [0.15, 0.2) is 11.1 Å². The van der Waals surface area contributed by atoms with Crippen molar-refractivity contribution in [3.8, 4) is 0 Å². The predicted molar refractivity (Wildman–Crippen MR) is 45.6 cm³/mol. The third-order valence-electron chi connectivity index (χ3n) is 1.62. The molecule has 0 aliphatic rings. The highest BCUT2D eigenvalue weighted by atomic mass is 32.2. The second-order valence-corrected chi connectivity index (χ2v) is 3.73. The molecule has 1 aromatic rings. The van der Waals surface area contributed by atoms with E-state index in [1.165, 1.54) is 18.2 Å². The van der Waals surface area contributed by atoms with Crippen molar-refractivity contribution in [1.82, 2.24) is 0 Å². The first-order valence-corrected chi connectivity index (χ1v) is 4.63. The lowest BCUT2D eigenvalue weighted by molar-refractivity contribution is 0.553. The van der Waals surface area contributed by atoms with Crippen LogP contribution in [0.3, 0.4) is 0 Å². The highest BCUT2D eigenvalue weighted by Crippen LogP contribution is 2.18. The van der Waals surface area contributed by atoms with Gasteiger partial charge in [0.25, 0.3) is 0 Å². The van der Waals surface area contributed by atoms with E-state index < -0.39 is 16.3 Å². The average molecular weight is 188 g/mol. The minimum atomic E-state index is -1.94. The van der Waals surface area contributed by atoms with Crippen LogP contribution in [0.25, 0.3) is 0 Å². The average Bonchev–Trinajstić information content (AvgIpc) is 2.03. The van der Waals surface area contributed by atoms with E-state index in [1.807, 2.05) is 0 Å². The first-order valence-electron chi connectivity index (χ1n) is 3.46. The lowest BCUT2D eigenvalue weighted by atomic mass is 10.2. The van der Waals surface area contributed by atoms with Crippen molar-refractivity contribution in [2.24, 2.45) is 0 Å². The van der Waals surface area contributed by atoms with E-state index in [1.54, 1.807) is 13.0 Å². The molecular weight excluding hydrogens is 179 g/mol. The van der Waals surface area contributed by atoms with Crippen LogP contribution in [0.4, 0.5) is 4.39 Å². The molecule has 4 heteroatoms. The Balaban J connectivity index is 2.95. The second-order valence-electron chi connectivity index (χ2n) is 2.47. The fraction of sp³-hybridized carbons (Fsp3) is 0.250. The molecule has 0 fully saturated rings. The van der Waals surface area contributed by atoms with Gasteiger partial charge in [-0.2, -0.15) is 0 Å². The van der Waals surface area contributed by atoms with Gasteiger partial charge in [-0.1, -0.05) is 12.1 Å². The molecule has 0 amide bonds. The summed E-state index contributed by atoms with van der Waals surface area (Å²) in [6, 6.07) is 5.71. The molecule has 0 spiro atoms. The van der Waals surface area contributed by atoms with Crippen molar-refractivity contribution in [2.75, 3.05) is 0 Å². The minimum absolute atomic E-state index is 0.384. The number of benzene rings is 1. The van der Waals surface area contributed by atoms with E-state index in [2.05, 4.69) is 0 Å². The molecule has 0 saturated carbocycles. The second kappa shape index (κ2) is 3.78. The van der Waals surface area contributed by atoms with Crippen LogP contribution in [-0.2, 0) is 11.1 Å². The molecule has 12 heavy (non-hydrogen) atoms. The molecule has 1 rings (SSSR count). The standard InChI is InChI=1S/C8H9FO2S/c1-6(12(10)11)7-3-2-4-8(9)5-7/h2-6H,1H3,(H,10,11). The number of hydrogen-bond donors (Lipinski definition) is 1. The summed E-state index contributed by atoms with van der Waals surface area (Å²) in [5.41, 5.74) is 0.538. The van der Waals surface area contributed by atoms with Gasteiger partial charge in [-0.05, 0) is 24.6 Å². The van der Waals surface area contributed by atoms with Crippen LogP contribution in [0.5, 0.6) is 0 Å². The molecule has 0 aliphatic carbocycles. The summed E-state index contributed by atoms with van der Waals surface area (Å²) in [7, 11) is 0. The summed E-state index contributed by atoms with van der Waals surface area (Å²) >= 11 is -1.94. The fourth-order valence-corrected chi connectivity index (χ4v) is 1.26. The molecule has 66 valence electrons. The Labute approximate surface area is 72.7 Å². The summed E-state index contributed by atoms with van der Waals surface area (Å²) in [5.74, 6) is -0.384. The normalized spacial score (nSPS) is 15.6. The lowest BCUT2D eigenvalue weighted by Gasteiger charge is -2.05. The summed E-state index contributed by atoms with van der Waals surface area (Å²) in [6.45, 7) is 1.57. The molecule has 1 N–H and O–H groups in total. The molecular formula is C8H9FO2S. The van der Waals surface area contributed by atoms with Crippen molar-refractivity contribution in [2.45, 2.75) is 12.2 Å². The molecule has 0 aliphatic heterocycles. The number of rotatable bonds is 2. The predicted octanol–water partition coefficient (Wildman–Crippen LogP) is 2.11. The van der Waals surface area contributed by atoms with E-state index >= 15 is 0 Å². The summed E-state index contributed by atoms with van der Waals surface area (Å²) in [5, 5.41) is -0.541. The Bertz CT molecular complexity index is 301. The van der Waals surface area contributed by atoms with E-state index in [0.29, 0.717) is 5.56 Å². The maximum Gasteiger partial charge on any atom is 0.160 e. The van der Waals surface area contributed by atoms with Crippen LogP contribution >= 0.6 is 0 Å². The molecule has 2 unspecified atom stereocenters. The van der Waals surface area contributed by atoms with E-state index in [9.17, 15) is 8.60 Å². The monoisotopic (exact) mass is 188 g/mol. The topological polar surface area (TPSA) is 37.3 Å². The van der Waals surface area contributed by atoms with Crippen LogP contribution in [-0.4, -0.2) is 8.76 Å². The van der Waals surface area contributed by atoms with Gasteiger partial charge in [-0.3, -0.25) is 0 Å². The van der Waals surface area contributed by atoms with Gasteiger partial charge in [0.1, 0.15) is 5.82 Å². The molecule has 0 aromatic heterocycles. The van der Waals surface area contributed by atoms with Gasteiger partial charge in [0, 0.05) is 0 Å². The van der Waals surface area contributed by atoms with Gasteiger partial charge in [0.05, 0.1) is 5.25 Å². The van der Waals surface area contributed by atoms with Gasteiger partial charge in [-0.15, -0.1) is 0 Å². The third-order valence-corrected chi connectivity index (χ3v) is 2.50. The summed E-state index contributed by atoms with van der Waals surface area (Å²) in [4.78, 5) is 0. The molecule has 0 radical (unpaired) electrons. The highest BCUT2D eigenvalue weighted by Gasteiger charge is 2.10. The molecule has 1 aromatic carbocycles. The quantitative estimate of drug-likeness (QED) is 0.722. The van der Waals surface area contributed by atoms with Crippen LogP contribution in [0.2, 0.25) is 0 Å². The maximum atomic E-state index is 12.6. The van der Waals surface area contributed by atoms with Gasteiger partial charge >= 0.3 is 0 Å². The molecule has 2 atom stereocenters. The smallest absolute Gasteiger partial charge is 0.160 e. The first-order chi connectivity index (χ1) is 5.61. The highest BCUT2D eigenvalue weighted by molar-refractivity contribution is 7.79. The summed E-state index contributed by atoms with van der Waals surface area (Å²) < 4.78 is 31.9. The van der Waals surface area contributed by atoms with Crippen LogP contribution in [0.15, 0.2) is 24.3 Å². The lowest BCUT2D eigenvalue weighted by Crippen LogP contribution is -2.00. The van der Waals surface area contributed by atoms with Crippen molar-refractivity contribution < 1.29 is 13.2 Å². The minimum Gasteiger partial charge on any atom is -0.306 e. The zero-order chi connectivity index (χ0) is 9.14. The zero-order valence-electron chi connectivity index (χ0n) is 6.53. The van der Waals surface area contributed by atoms with E-state index in [4.69, 9.17) is 4.55 Å². The Hall–Kier alpha value is -0.740. The molecule has 0 saturated heterocycles. The Morgan fingerprint density at radius 1 is 1.58 bits per heavy atom. The Morgan fingerprint density at radius 2 is 2.25 bits per heavy atom. The third kappa shape index (κ3) is 2.12. The van der Waals surface area contributed by atoms with Gasteiger partial charge in [-0.25, -0.2) is 8.60 Å². The summed E-state index contributed by atoms with van der Waals surface area (Å²) in [6.07, 6.45) is 0. The first kappa shape index (κ1) is 9.35. The molecule has 0 heterocycles. The van der Waals surface area contributed by atoms with Crippen molar-refractivity contribution in [3.63, 3.8) is 0 Å².